The minimum absolute atomic E-state index is 0.154. The molecule has 0 fully saturated rings. The van der Waals surface area contributed by atoms with Crippen molar-refractivity contribution in [3.05, 3.63) is 59.4 Å². The number of nitrogens with one attached hydrogen (secondary N) is 2. The van der Waals surface area contributed by atoms with E-state index in [-0.39, 0.29) is 11.8 Å². The molecule has 140 valence electrons. The van der Waals surface area contributed by atoms with Gasteiger partial charge in [0.25, 0.3) is 5.91 Å². The number of aryl methyl sites for hydroxylation is 1. The van der Waals surface area contributed by atoms with Gasteiger partial charge in [0.1, 0.15) is 4.88 Å². The number of unbranched alkanes of at least 4 members (excludes halogenated alkanes) is 1. The van der Waals surface area contributed by atoms with Crippen LogP contribution in [0.25, 0.3) is 5.13 Å². The molecule has 27 heavy (non-hydrogen) atoms. The third-order valence-electron chi connectivity index (χ3n) is 3.93. The lowest BCUT2D eigenvalue weighted by Crippen LogP contribution is -2.13. The largest absolute Gasteiger partial charge is 0.326 e. The van der Waals surface area contributed by atoms with E-state index < -0.39 is 0 Å². The fraction of sp³-hybridized carbons (Fsp3) is 0.250. The van der Waals surface area contributed by atoms with Gasteiger partial charge < -0.3 is 15.2 Å². The quantitative estimate of drug-likeness (QED) is 0.632. The monoisotopic (exact) mass is 382 g/mol. The van der Waals surface area contributed by atoms with Crippen molar-refractivity contribution in [1.29, 1.82) is 0 Å². The van der Waals surface area contributed by atoms with Crippen LogP contribution < -0.4 is 10.6 Å². The van der Waals surface area contributed by atoms with Crippen molar-refractivity contribution in [3.8, 4) is 5.13 Å². The number of carbonyl (C=O) groups is 2. The molecule has 1 aromatic carbocycles. The Bertz CT molecular complexity index is 931. The Morgan fingerprint density at radius 2 is 1.81 bits per heavy atom. The number of anilines is 2. The summed E-state index contributed by atoms with van der Waals surface area (Å²) in [5.41, 5.74) is 2.09. The molecule has 0 aliphatic carbocycles. The fourth-order valence-corrected chi connectivity index (χ4v) is 3.64. The molecule has 2 heterocycles. The number of thiazole rings is 1. The lowest BCUT2D eigenvalue weighted by atomic mass is 10.2. The Hall–Kier alpha value is -2.93. The first-order valence-electron chi connectivity index (χ1n) is 8.89. The van der Waals surface area contributed by atoms with Gasteiger partial charge in [0.15, 0.2) is 5.13 Å². The third kappa shape index (κ3) is 4.83. The Labute approximate surface area is 162 Å². The molecule has 0 saturated carbocycles. The molecule has 0 bridgehead atoms. The van der Waals surface area contributed by atoms with Crippen molar-refractivity contribution in [2.24, 2.45) is 0 Å². The van der Waals surface area contributed by atoms with Crippen molar-refractivity contribution in [2.75, 3.05) is 10.6 Å². The van der Waals surface area contributed by atoms with Crippen LogP contribution in [0.4, 0.5) is 11.4 Å². The SMILES string of the molecule is CCCCc1nc(-n2cccc2)sc1C(=O)Nc1cccc(NC(C)=O)c1. The van der Waals surface area contributed by atoms with Crippen LogP contribution in [-0.4, -0.2) is 21.4 Å². The van der Waals surface area contributed by atoms with Crippen molar-refractivity contribution in [3.63, 3.8) is 0 Å². The maximum Gasteiger partial charge on any atom is 0.267 e. The van der Waals surface area contributed by atoms with E-state index >= 15 is 0 Å². The summed E-state index contributed by atoms with van der Waals surface area (Å²) >= 11 is 1.38. The molecule has 2 amide bonds. The van der Waals surface area contributed by atoms with Crippen LogP contribution in [0.1, 0.15) is 42.1 Å². The number of carbonyl (C=O) groups excluding carboxylic acids is 2. The highest BCUT2D eigenvalue weighted by atomic mass is 32.1. The van der Waals surface area contributed by atoms with Gasteiger partial charge >= 0.3 is 0 Å². The van der Waals surface area contributed by atoms with Crippen molar-refractivity contribution < 1.29 is 9.59 Å². The van der Waals surface area contributed by atoms with Gasteiger partial charge in [-0.05, 0) is 43.2 Å². The molecular weight excluding hydrogens is 360 g/mol. The van der Waals surface area contributed by atoms with Gasteiger partial charge in [-0.2, -0.15) is 0 Å². The maximum atomic E-state index is 12.9. The highest BCUT2D eigenvalue weighted by Crippen LogP contribution is 2.25. The lowest BCUT2D eigenvalue weighted by Gasteiger charge is -2.07. The van der Waals surface area contributed by atoms with Gasteiger partial charge in [0.05, 0.1) is 5.69 Å². The second-order valence-electron chi connectivity index (χ2n) is 6.18. The van der Waals surface area contributed by atoms with Gasteiger partial charge in [0.2, 0.25) is 5.91 Å². The van der Waals surface area contributed by atoms with Gasteiger partial charge in [0, 0.05) is 30.7 Å². The second kappa shape index (κ2) is 8.64. The minimum Gasteiger partial charge on any atom is -0.326 e. The first kappa shape index (κ1) is 18.8. The number of hydrogen-bond donors (Lipinski definition) is 2. The molecule has 6 nitrogen and oxygen atoms in total. The van der Waals surface area contributed by atoms with Gasteiger partial charge in [-0.15, -0.1) is 0 Å². The van der Waals surface area contributed by atoms with E-state index in [2.05, 4.69) is 22.5 Å². The molecule has 3 rings (SSSR count). The van der Waals surface area contributed by atoms with Crippen molar-refractivity contribution in [1.82, 2.24) is 9.55 Å². The summed E-state index contributed by atoms with van der Waals surface area (Å²) in [5.74, 6) is -0.337. The van der Waals surface area contributed by atoms with E-state index in [9.17, 15) is 9.59 Å². The number of rotatable bonds is 7. The predicted molar refractivity (Wildman–Crippen MR) is 109 cm³/mol. The molecular formula is C20H22N4O2S. The standard InChI is InChI=1S/C20H22N4O2S/c1-3-4-10-17-18(27-20(23-17)24-11-5-6-12-24)19(26)22-16-9-7-8-15(13-16)21-14(2)25/h5-9,11-13H,3-4,10H2,1-2H3,(H,21,25)(H,22,26). The molecule has 0 saturated heterocycles. The minimum atomic E-state index is -0.183. The Balaban J connectivity index is 1.84. The molecule has 0 spiro atoms. The van der Waals surface area contributed by atoms with E-state index in [4.69, 9.17) is 0 Å². The van der Waals surface area contributed by atoms with Crippen LogP contribution in [0.5, 0.6) is 0 Å². The number of amides is 2. The van der Waals surface area contributed by atoms with Crippen LogP contribution >= 0.6 is 11.3 Å². The van der Waals surface area contributed by atoms with E-state index in [0.29, 0.717) is 16.3 Å². The Kier molecular flexibility index (Phi) is 6.03. The highest BCUT2D eigenvalue weighted by Gasteiger charge is 2.19. The van der Waals surface area contributed by atoms with Crippen LogP contribution in [0.2, 0.25) is 0 Å². The Morgan fingerprint density at radius 3 is 2.48 bits per heavy atom. The molecule has 2 aromatic heterocycles. The topological polar surface area (TPSA) is 76.0 Å². The second-order valence-corrected chi connectivity index (χ2v) is 7.16. The van der Waals surface area contributed by atoms with E-state index in [1.165, 1.54) is 18.3 Å². The van der Waals surface area contributed by atoms with E-state index in [1.54, 1.807) is 24.3 Å². The zero-order valence-corrected chi connectivity index (χ0v) is 16.2. The first-order chi connectivity index (χ1) is 13.1. The molecule has 0 atom stereocenters. The summed E-state index contributed by atoms with van der Waals surface area (Å²) in [6, 6.07) is 11.0. The van der Waals surface area contributed by atoms with Crippen LogP contribution in [0, 0.1) is 0 Å². The summed E-state index contributed by atoms with van der Waals surface area (Å²) in [7, 11) is 0. The summed E-state index contributed by atoms with van der Waals surface area (Å²) < 4.78 is 1.91. The third-order valence-corrected chi connectivity index (χ3v) is 5.04. The number of nitrogens with zero attached hydrogens (tertiary/aromatic N) is 2. The molecule has 2 N–H and O–H groups in total. The van der Waals surface area contributed by atoms with Gasteiger partial charge in [-0.25, -0.2) is 4.98 Å². The molecule has 7 heteroatoms. The molecule has 0 radical (unpaired) electrons. The zero-order chi connectivity index (χ0) is 19.2. The number of hydrogen-bond acceptors (Lipinski definition) is 4. The van der Waals surface area contributed by atoms with E-state index in [0.717, 1.165) is 30.1 Å². The zero-order valence-electron chi connectivity index (χ0n) is 15.4. The number of benzene rings is 1. The van der Waals surface area contributed by atoms with Crippen LogP contribution in [0.3, 0.4) is 0 Å². The molecule has 0 aliphatic heterocycles. The average Bonchev–Trinajstić information content (AvgIpc) is 3.29. The molecule has 0 unspecified atom stereocenters. The summed E-state index contributed by atoms with van der Waals surface area (Å²) in [4.78, 5) is 29.4. The van der Waals surface area contributed by atoms with Crippen molar-refractivity contribution in [2.45, 2.75) is 33.1 Å². The average molecular weight is 382 g/mol. The van der Waals surface area contributed by atoms with Crippen LogP contribution in [-0.2, 0) is 11.2 Å². The highest BCUT2D eigenvalue weighted by molar-refractivity contribution is 7.16. The maximum absolute atomic E-state index is 12.9. The lowest BCUT2D eigenvalue weighted by molar-refractivity contribution is -0.114. The van der Waals surface area contributed by atoms with E-state index in [1.807, 2.05) is 29.1 Å². The predicted octanol–water partition coefficient (Wildman–Crippen LogP) is 4.49. The van der Waals surface area contributed by atoms with Gasteiger partial charge in [-0.3, -0.25) is 9.59 Å². The fourth-order valence-electron chi connectivity index (χ4n) is 2.67. The number of aromatic nitrogens is 2. The molecule has 3 aromatic rings. The summed E-state index contributed by atoms with van der Waals surface area (Å²) in [5, 5.41) is 6.42. The first-order valence-corrected chi connectivity index (χ1v) is 9.70. The Morgan fingerprint density at radius 1 is 1.11 bits per heavy atom. The normalized spacial score (nSPS) is 10.6. The smallest absolute Gasteiger partial charge is 0.267 e. The van der Waals surface area contributed by atoms with Crippen molar-refractivity contribution >= 4 is 34.5 Å². The van der Waals surface area contributed by atoms with Crippen LogP contribution in [0.15, 0.2) is 48.8 Å². The molecule has 0 aliphatic rings. The van der Waals surface area contributed by atoms with Gasteiger partial charge in [-0.1, -0.05) is 30.7 Å². The summed E-state index contributed by atoms with van der Waals surface area (Å²) in [6.45, 7) is 3.57. The summed E-state index contributed by atoms with van der Waals surface area (Å²) in [6.07, 6.45) is 6.62.